The highest BCUT2D eigenvalue weighted by atomic mass is 32.2. The molecule has 0 saturated heterocycles. The summed E-state index contributed by atoms with van der Waals surface area (Å²) in [6.45, 7) is 2.30. The Morgan fingerprint density at radius 1 is 1.43 bits per heavy atom. The van der Waals surface area contributed by atoms with Gasteiger partial charge in [-0.1, -0.05) is 11.8 Å². The third-order valence-corrected chi connectivity index (χ3v) is 4.82. The molecule has 0 heterocycles. The van der Waals surface area contributed by atoms with Crippen molar-refractivity contribution < 1.29 is 4.79 Å². The number of benzene rings is 1. The number of thioether (sulfide) groups is 1. The largest absolute Gasteiger partial charge is 0.349 e. The van der Waals surface area contributed by atoms with E-state index in [2.05, 4.69) is 23.4 Å². The maximum Gasteiger partial charge on any atom is 0.251 e. The number of aryl methyl sites for hydroxylation is 1. The topological polar surface area (TPSA) is 55.1 Å². The fourth-order valence-corrected chi connectivity index (χ4v) is 3.49. The number of hydrogen-bond donors (Lipinski definition) is 2. The molecular weight excluding hydrogens is 280 g/mol. The van der Waals surface area contributed by atoms with Crippen LogP contribution in [0.5, 0.6) is 0 Å². The average Bonchev–Trinajstić information content (AvgIpc) is 2.92. The van der Waals surface area contributed by atoms with E-state index in [0.29, 0.717) is 23.4 Å². The van der Waals surface area contributed by atoms with Gasteiger partial charge in [-0.25, -0.2) is 0 Å². The van der Waals surface area contributed by atoms with Crippen LogP contribution < -0.4 is 11.1 Å². The number of rotatable bonds is 3. The Morgan fingerprint density at radius 3 is 2.90 bits per heavy atom. The Balaban J connectivity index is 2.07. The third kappa shape index (κ3) is 4.52. The van der Waals surface area contributed by atoms with Gasteiger partial charge in [-0.3, -0.25) is 4.79 Å². The fourth-order valence-electron chi connectivity index (χ4n) is 2.69. The summed E-state index contributed by atoms with van der Waals surface area (Å²) in [6, 6.07) is 6.02. The van der Waals surface area contributed by atoms with Crippen molar-refractivity contribution in [1.29, 1.82) is 0 Å². The van der Waals surface area contributed by atoms with Crippen molar-refractivity contribution in [3.63, 3.8) is 0 Å². The average molecular weight is 302 g/mol. The minimum atomic E-state index is 0.00116. The molecule has 1 aromatic rings. The summed E-state index contributed by atoms with van der Waals surface area (Å²) in [4.78, 5) is 12.4. The highest BCUT2D eigenvalue weighted by Crippen LogP contribution is 2.28. The molecule has 1 aliphatic carbocycles. The van der Waals surface area contributed by atoms with E-state index in [4.69, 9.17) is 5.73 Å². The first-order valence-electron chi connectivity index (χ1n) is 7.26. The summed E-state index contributed by atoms with van der Waals surface area (Å²) in [5.74, 6) is 5.82. The van der Waals surface area contributed by atoms with E-state index in [1.165, 1.54) is 6.42 Å². The fraction of sp³-hybridized carbons (Fsp3) is 0.471. The summed E-state index contributed by atoms with van der Waals surface area (Å²) in [7, 11) is 0. The standard InChI is InChI=1S/C17H22N2OS/c1-12-8-13(4-3-7-18)10-14(9-12)17(20)19-15-5-6-16(11-15)21-2/h8-10,15-16H,5-7,11,18H2,1-2H3,(H,19,20). The van der Waals surface area contributed by atoms with Gasteiger partial charge < -0.3 is 11.1 Å². The zero-order chi connectivity index (χ0) is 15.2. The molecule has 3 nitrogen and oxygen atoms in total. The van der Waals surface area contributed by atoms with Crippen LogP contribution in [0.4, 0.5) is 0 Å². The van der Waals surface area contributed by atoms with Crippen LogP contribution >= 0.6 is 11.8 Å². The lowest BCUT2D eigenvalue weighted by molar-refractivity contribution is 0.0938. The summed E-state index contributed by atoms with van der Waals surface area (Å²) < 4.78 is 0. The molecule has 0 radical (unpaired) electrons. The van der Waals surface area contributed by atoms with E-state index < -0.39 is 0 Å². The van der Waals surface area contributed by atoms with Crippen LogP contribution in [0.1, 0.15) is 40.7 Å². The molecule has 21 heavy (non-hydrogen) atoms. The van der Waals surface area contributed by atoms with E-state index in [1.807, 2.05) is 36.9 Å². The van der Waals surface area contributed by atoms with Gasteiger partial charge >= 0.3 is 0 Å². The molecule has 3 N–H and O–H groups in total. The van der Waals surface area contributed by atoms with Crippen molar-refractivity contribution in [3.8, 4) is 11.8 Å². The molecule has 0 aromatic heterocycles. The Bertz CT molecular complexity index is 574. The van der Waals surface area contributed by atoms with Gasteiger partial charge in [0, 0.05) is 22.4 Å². The summed E-state index contributed by atoms with van der Waals surface area (Å²) in [5.41, 5.74) is 7.96. The second kappa shape index (κ2) is 7.53. The van der Waals surface area contributed by atoms with Gasteiger partial charge in [-0.05, 0) is 56.2 Å². The van der Waals surface area contributed by atoms with Crippen molar-refractivity contribution in [3.05, 3.63) is 34.9 Å². The zero-order valence-corrected chi connectivity index (χ0v) is 13.4. The van der Waals surface area contributed by atoms with Crippen LogP contribution in [-0.2, 0) is 0 Å². The molecule has 2 rings (SSSR count). The zero-order valence-electron chi connectivity index (χ0n) is 12.6. The highest BCUT2D eigenvalue weighted by Gasteiger charge is 2.25. The lowest BCUT2D eigenvalue weighted by Gasteiger charge is -2.13. The second-order valence-electron chi connectivity index (χ2n) is 5.43. The van der Waals surface area contributed by atoms with Gasteiger partial charge in [-0.2, -0.15) is 11.8 Å². The molecule has 2 atom stereocenters. The first-order chi connectivity index (χ1) is 10.1. The van der Waals surface area contributed by atoms with Crippen LogP contribution in [-0.4, -0.2) is 30.0 Å². The quantitative estimate of drug-likeness (QED) is 0.843. The van der Waals surface area contributed by atoms with Crippen LogP contribution in [0.15, 0.2) is 18.2 Å². The minimum Gasteiger partial charge on any atom is -0.349 e. The van der Waals surface area contributed by atoms with Crippen LogP contribution in [0, 0.1) is 18.8 Å². The number of hydrogen-bond acceptors (Lipinski definition) is 3. The van der Waals surface area contributed by atoms with Gasteiger partial charge in [0.15, 0.2) is 0 Å². The predicted octanol–water partition coefficient (Wildman–Crippen LogP) is 2.32. The molecule has 0 bridgehead atoms. The van der Waals surface area contributed by atoms with Crippen LogP contribution in [0.2, 0.25) is 0 Å². The first kappa shape index (κ1) is 15.9. The maximum atomic E-state index is 12.4. The molecule has 4 heteroatoms. The molecule has 1 saturated carbocycles. The van der Waals surface area contributed by atoms with Crippen molar-refractivity contribution in [2.75, 3.05) is 12.8 Å². The lowest BCUT2D eigenvalue weighted by Crippen LogP contribution is -2.33. The highest BCUT2D eigenvalue weighted by molar-refractivity contribution is 7.99. The second-order valence-corrected chi connectivity index (χ2v) is 6.57. The van der Waals surface area contributed by atoms with E-state index >= 15 is 0 Å². The smallest absolute Gasteiger partial charge is 0.251 e. The molecule has 112 valence electrons. The number of carbonyl (C=O) groups excluding carboxylic acids is 1. The lowest BCUT2D eigenvalue weighted by atomic mass is 10.1. The number of nitrogens with two attached hydrogens (primary N) is 1. The molecule has 1 amide bonds. The van der Waals surface area contributed by atoms with Crippen LogP contribution in [0.3, 0.4) is 0 Å². The number of amides is 1. The van der Waals surface area contributed by atoms with E-state index in [-0.39, 0.29) is 5.91 Å². The van der Waals surface area contributed by atoms with Gasteiger partial charge in [0.05, 0.1) is 6.54 Å². The summed E-state index contributed by atoms with van der Waals surface area (Å²) in [5, 5.41) is 3.82. The molecular formula is C17H22N2OS. The Hall–Kier alpha value is -1.44. The van der Waals surface area contributed by atoms with Crippen molar-refractivity contribution in [1.82, 2.24) is 5.32 Å². The first-order valence-corrected chi connectivity index (χ1v) is 8.55. The SMILES string of the molecule is CSC1CCC(NC(=O)c2cc(C)cc(C#CCN)c2)C1. The Morgan fingerprint density at radius 2 is 2.24 bits per heavy atom. The monoisotopic (exact) mass is 302 g/mol. The molecule has 1 fully saturated rings. The van der Waals surface area contributed by atoms with Crippen LogP contribution in [0.25, 0.3) is 0 Å². The molecule has 1 aromatic carbocycles. The molecule has 0 spiro atoms. The number of nitrogens with one attached hydrogen (secondary N) is 1. The summed E-state index contributed by atoms with van der Waals surface area (Å²) in [6.07, 6.45) is 5.46. The van der Waals surface area contributed by atoms with Crippen molar-refractivity contribution in [2.24, 2.45) is 5.73 Å². The maximum absolute atomic E-state index is 12.4. The molecule has 2 unspecified atom stereocenters. The summed E-state index contributed by atoms with van der Waals surface area (Å²) >= 11 is 1.89. The molecule has 0 aliphatic heterocycles. The van der Waals surface area contributed by atoms with Gasteiger partial charge in [0.2, 0.25) is 0 Å². The normalized spacial score (nSPS) is 20.7. The number of carbonyl (C=O) groups is 1. The minimum absolute atomic E-state index is 0.00116. The van der Waals surface area contributed by atoms with Gasteiger partial charge in [0.25, 0.3) is 5.91 Å². The Kier molecular flexibility index (Phi) is 5.72. The van der Waals surface area contributed by atoms with Crippen molar-refractivity contribution >= 4 is 17.7 Å². The Labute approximate surface area is 131 Å². The third-order valence-electron chi connectivity index (χ3n) is 3.73. The van der Waals surface area contributed by atoms with Crippen molar-refractivity contribution in [2.45, 2.75) is 37.5 Å². The molecule has 1 aliphatic rings. The van der Waals surface area contributed by atoms with Gasteiger partial charge in [-0.15, -0.1) is 0 Å². The van der Waals surface area contributed by atoms with E-state index in [1.54, 1.807) is 0 Å². The van der Waals surface area contributed by atoms with E-state index in [9.17, 15) is 4.79 Å². The van der Waals surface area contributed by atoms with E-state index in [0.717, 1.165) is 24.0 Å². The predicted molar refractivity (Wildman–Crippen MR) is 89.5 cm³/mol. The van der Waals surface area contributed by atoms with Gasteiger partial charge in [0.1, 0.15) is 0 Å².